The van der Waals surface area contributed by atoms with Gasteiger partial charge in [-0.3, -0.25) is 4.79 Å². The molecule has 1 aromatic rings. The molecule has 0 bridgehead atoms. The van der Waals surface area contributed by atoms with Gasteiger partial charge in [0, 0.05) is 38.0 Å². The van der Waals surface area contributed by atoms with Gasteiger partial charge in [0.25, 0.3) is 0 Å². The average Bonchev–Trinajstić information content (AvgIpc) is 2.39. The number of hydrogen-bond acceptors (Lipinski definition) is 5. The molecule has 0 aliphatic heterocycles. The van der Waals surface area contributed by atoms with Crippen LogP contribution >= 0.6 is 0 Å². The molecule has 1 amide bonds. The Kier molecular flexibility index (Phi) is 7.00. The predicted octanol–water partition coefficient (Wildman–Crippen LogP) is 0.537. The lowest BCUT2D eigenvalue weighted by Crippen LogP contribution is -2.33. The van der Waals surface area contributed by atoms with Gasteiger partial charge in [0.05, 0.1) is 12.7 Å². The second-order valence-electron chi connectivity index (χ2n) is 4.79. The molecule has 1 aromatic carbocycles. The van der Waals surface area contributed by atoms with Crippen LogP contribution in [-0.4, -0.2) is 55.9 Å². The van der Waals surface area contributed by atoms with Gasteiger partial charge in [0.15, 0.2) is 0 Å². The number of rotatable bonds is 8. The van der Waals surface area contributed by atoms with Gasteiger partial charge in [-0.25, -0.2) is 0 Å². The van der Waals surface area contributed by atoms with Crippen molar-refractivity contribution in [1.82, 2.24) is 4.90 Å². The van der Waals surface area contributed by atoms with Gasteiger partial charge in [0.2, 0.25) is 5.91 Å². The molecule has 0 saturated heterocycles. The number of carbonyl (C=O) groups excluding carboxylic acids is 1. The van der Waals surface area contributed by atoms with Gasteiger partial charge >= 0.3 is 0 Å². The van der Waals surface area contributed by atoms with E-state index in [1.165, 1.54) is 0 Å². The Morgan fingerprint density at radius 2 is 2.10 bits per heavy atom. The Balaban J connectivity index is 2.27. The molecule has 0 aromatic heterocycles. The van der Waals surface area contributed by atoms with Gasteiger partial charge in [-0.05, 0) is 31.3 Å². The van der Waals surface area contributed by atoms with Crippen LogP contribution in [0.1, 0.15) is 6.42 Å². The third-order valence-electron chi connectivity index (χ3n) is 2.80. The zero-order valence-corrected chi connectivity index (χ0v) is 12.0. The molecule has 1 rings (SSSR count). The molecule has 0 saturated carbocycles. The monoisotopic (exact) mass is 281 g/mol. The van der Waals surface area contributed by atoms with Gasteiger partial charge in [-0.15, -0.1) is 0 Å². The fourth-order valence-corrected chi connectivity index (χ4v) is 1.78. The molecule has 1 atom stereocenters. The SMILES string of the molecule is COCC(O)CN(C)CCC(=O)Nc1ccc(N)cc1. The number of nitrogens with zero attached hydrogens (tertiary/aromatic N) is 1. The van der Waals surface area contributed by atoms with Gasteiger partial charge < -0.3 is 25.8 Å². The van der Waals surface area contributed by atoms with Crippen molar-refractivity contribution in [2.75, 3.05) is 44.9 Å². The number of hydrogen-bond donors (Lipinski definition) is 3. The van der Waals surface area contributed by atoms with Crippen molar-refractivity contribution < 1.29 is 14.6 Å². The van der Waals surface area contributed by atoms with E-state index in [1.807, 2.05) is 11.9 Å². The number of aliphatic hydroxyl groups is 1. The first-order chi connectivity index (χ1) is 9.51. The van der Waals surface area contributed by atoms with E-state index >= 15 is 0 Å². The molecule has 0 radical (unpaired) electrons. The molecule has 0 fully saturated rings. The van der Waals surface area contributed by atoms with E-state index in [0.29, 0.717) is 31.8 Å². The maximum absolute atomic E-state index is 11.8. The van der Waals surface area contributed by atoms with E-state index in [4.69, 9.17) is 10.5 Å². The minimum absolute atomic E-state index is 0.0668. The zero-order chi connectivity index (χ0) is 15.0. The average molecular weight is 281 g/mol. The number of carbonyl (C=O) groups is 1. The van der Waals surface area contributed by atoms with Crippen molar-refractivity contribution in [3.05, 3.63) is 24.3 Å². The highest BCUT2D eigenvalue weighted by molar-refractivity contribution is 5.90. The number of amides is 1. The summed E-state index contributed by atoms with van der Waals surface area (Å²) in [6, 6.07) is 7.00. The van der Waals surface area contributed by atoms with Crippen molar-refractivity contribution >= 4 is 17.3 Å². The van der Waals surface area contributed by atoms with Gasteiger partial charge in [-0.2, -0.15) is 0 Å². The summed E-state index contributed by atoms with van der Waals surface area (Å²) in [5.74, 6) is -0.0668. The molecular formula is C14H23N3O3. The number of nitrogens with two attached hydrogens (primary N) is 1. The number of ether oxygens (including phenoxy) is 1. The number of nitrogens with one attached hydrogen (secondary N) is 1. The summed E-state index contributed by atoms with van der Waals surface area (Å²) in [6.07, 6.45) is -0.175. The second kappa shape index (κ2) is 8.52. The minimum Gasteiger partial charge on any atom is -0.399 e. The highest BCUT2D eigenvalue weighted by atomic mass is 16.5. The first-order valence-electron chi connectivity index (χ1n) is 6.52. The third kappa shape index (κ3) is 6.51. The standard InChI is InChI=1S/C14H23N3O3/c1-17(9-13(18)10-20-2)8-7-14(19)16-12-5-3-11(15)4-6-12/h3-6,13,18H,7-10,15H2,1-2H3,(H,16,19). The van der Waals surface area contributed by atoms with Crippen molar-refractivity contribution in [3.8, 4) is 0 Å². The summed E-state index contributed by atoms with van der Waals surface area (Å²) in [5.41, 5.74) is 6.96. The normalized spacial score (nSPS) is 12.4. The smallest absolute Gasteiger partial charge is 0.225 e. The molecular weight excluding hydrogens is 258 g/mol. The Morgan fingerprint density at radius 1 is 1.45 bits per heavy atom. The number of aliphatic hydroxyl groups excluding tert-OH is 1. The van der Waals surface area contributed by atoms with E-state index in [1.54, 1.807) is 31.4 Å². The van der Waals surface area contributed by atoms with Crippen LogP contribution < -0.4 is 11.1 Å². The van der Waals surface area contributed by atoms with E-state index < -0.39 is 6.10 Å². The maximum atomic E-state index is 11.8. The van der Waals surface area contributed by atoms with Crippen LogP contribution in [0.3, 0.4) is 0 Å². The fourth-order valence-electron chi connectivity index (χ4n) is 1.78. The Hall–Kier alpha value is -1.63. The zero-order valence-electron chi connectivity index (χ0n) is 12.0. The van der Waals surface area contributed by atoms with E-state index in [0.717, 1.165) is 5.69 Å². The first-order valence-corrected chi connectivity index (χ1v) is 6.52. The highest BCUT2D eigenvalue weighted by Gasteiger charge is 2.09. The van der Waals surface area contributed by atoms with Gasteiger partial charge in [-0.1, -0.05) is 0 Å². The summed E-state index contributed by atoms with van der Waals surface area (Å²) in [5, 5.41) is 12.4. The lowest BCUT2D eigenvalue weighted by Gasteiger charge is -2.19. The Morgan fingerprint density at radius 3 is 2.70 bits per heavy atom. The van der Waals surface area contributed by atoms with Crippen LogP contribution in [-0.2, 0) is 9.53 Å². The fraction of sp³-hybridized carbons (Fsp3) is 0.500. The molecule has 20 heavy (non-hydrogen) atoms. The van der Waals surface area contributed by atoms with Crippen molar-refractivity contribution in [1.29, 1.82) is 0 Å². The molecule has 0 spiro atoms. The molecule has 4 N–H and O–H groups in total. The number of methoxy groups -OCH3 is 1. The molecule has 0 aliphatic carbocycles. The summed E-state index contributed by atoms with van der Waals surface area (Å²) in [6.45, 7) is 1.34. The highest BCUT2D eigenvalue weighted by Crippen LogP contribution is 2.10. The van der Waals surface area contributed by atoms with Crippen LogP contribution in [0.25, 0.3) is 0 Å². The summed E-state index contributed by atoms with van der Waals surface area (Å²) < 4.78 is 4.85. The Bertz CT molecular complexity index is 409. The quantitative estimate of drug-likeness (QED) is 0.605. The predicted molar refractivity (Wildman–Crippen MR) is 79.5 cm³/mol. The molecule has 6 nitrogen and oxygen atoms in total. The molecule has 112 valence electrons. The molecule has 0 heterocycles. The van der Waals surface area contributed by atoms with E-state index in [2.05, 4.69) is 5.32 Å². The summed E-state index contributed by atoms with van der Waals surface area (Å²) in [4.78, 5) is 13.7. The van der Waals surface area contributed by atoms with Gasteiger partial charge in [0.1, 0.15) is 0 Å². The van der Waals surface area contributed by atoms with Crippen LogP contribution in [0.2, 0.25) is 0 Å². The minimum atomic E-state index is -0.537. The van der Waals surface area contributed by atoms with Crippen LogP contribution in [0.4, 0.5) is 11.4 Å². The van der Waals surface area contributed by atoms with Crippen LogP contribution in [0.5, 0.6) is 0 Å². The third-order valence-corrected chi connectivity index (χ3v) is 2.80. The van der Waals surface area contributed by atoms with E-state index in [-0.39, 0.29) is 5.91 Å². The lowest BCUT2D eigenvalue weighted by atomic mass is 10.2. The summed E-state index contributed by atoms with van der Waals surface area (Å²) >= 11 is 0. The van der Waals surface area contributed by atoms with Crippen molar-refractivity contribution in [2.24, 2.45) is 0 Å². The molecule has 0 aliphatic rings. The maximum Gasteiger partial charge on any atom is 0.225 e. The molecule has 6 heteroatoms. The number of benzene rings is 1. The van der Waals surface area contributed by atoms with Crippen LogP contribution in [0.15, 0.2) is 24.3 Å². The topological polar surface area (TPSA) is 87.8 Å². The largest absolute Gasteiger partial charge is 0.399 e. The van der Waals surface area contributed by atoms with E-state index in [9.17, 15) is 9.90 Å². The van der Waals surface area contributed by atoms with Crippen LogP contribution in [0, 0.1) is 0 Å². The summed E-state index contributed by atoms with van der Waals surface area (Å²) in [7, 11) is 3.40. The first kappa shape index (κ1) is 16.4. The Labute approximate surface area is 119 Å². The second-order valence-corrected chi connectivity index (χ2v) is 4.79. The number of nitrogen functional groups attached to an aromatic ring is 1. The molecule has 1 unspecified atom stereocenters. The van der Waals surface area contributed by atoms with Crippen molar-refractivity contribution in [2.45, 2.75) is 12.5 Å². The lowest BCUT2D eigenvalue weighted by molar-refractivity contribution is -0.116. The van der Waals surface area contributed by atoms with Crippen molar-refractivity contribution in [3.63, 3.8) is 0 Å². The number of likely N-dealkylation sites (N-methyl/N-ethyl adjacent to an activating group) is 1. The number of anilines is 2.